The molecule has 0 atom stereocenters. The van der Waals surface area contributed by atoms with Gasteiger partial charge in [0.05, 0.1) is 7.11 Å². The van der Waals surface area contributed by atoms with Gasteiger partial charge in [0, 0.05) is 39.9 Å². The minimum absolute atomic E-state index is 0. The molecule has 2 rings (SSSR count). The van der Waals surface area contributed by atoms with E-state index in [1.807, 2.05) is 44.4 Å². The summed E-state index contributed by atoms with van der Waals surface area (Å²) in [5.41, 5.74) is 1.22. The van der Waals surface area contributed by atoms with Crippen LogP contribution in [0.25, 0.3) is 0 Å². The van der Waals surface area contributed by atoms with Gasteiger partial charge in [0.25, 0.3) is 0 Å². The maximum absolute atomic E-state index is 5.20. The van der Waals surface area contributed by atoms with Crippen molar-refractivity contribution in [2.24, 2.45) is 4.99 Å². The number of methoxy groups -OCH3 is 1. The molecule has 2 N–H and O–H groups in total. The molecule has 7 heteroatoms. The molecule has 148 valence electrons. The fourth-order valence-electron chi connectivity index (χ4n) is 2.60. The number of nitrogens with one attached hydrogen (secondary N) is 2. The largest absolute Gasteiger partial charge is 0.497 e. The van der Waals surface area contributed by atoms with Crippen LogP contribution >= 0.6 is 24.0 Å². The lowest BCUT2D eigenvalue weighted by Crippen LogP contribution is -2.38. The van der Waals surface area contributed by atoms with Crippen molar-refractivity contribution < 1.29 is 4.74 Å². The highest BCUT2D eigenvalue weighted by atomic mass is 127. The number of hydrogen-bond donors (Lipinski definition) is 2. The predicted molar refractivity (Wildman–Crippen MR) is 123 cm³/mol. The van der Waals surface area contributed by atoms with E-state index >= 15 is 0 Å². The first kappa shape index (κ1) is 23.0. The Bertz CT molecular complexity index is 664. The SMILES string of the molecule is CN=C(NCCCCNc1ccccn1)N(C)Cc1ccc(OC)cc1.I. The highest BCUT2D eigenvalue weighted by Gasteiger charge is 2.06. The molecular weight excluding hydrogens is 453 g/mol. The minimum Gasteiger partial charge on any atom is -0.497 e. The van der Waals surface area contributed by atoms with Crippen molar-refractivity contribution in [1.82, 2.24) is 15.2 Å². The molecule has 0 aliphatic heterocycles. The van der Waals surface area contributed by atoms with Crippen LogP contribution in [0.3, 0.4) is 0 Å². The van der Waals surface area contributed by atoms with Crippen molar-refractivity contribution in [3.63, 3.8) is 0 Å². The Morgan fingerprint density at radius 3 is 2.48 bits per heavy atom. The number of pyridine rings is 1. The van der Waals surface area contributed by atoms with Crippen LogP contribution in [-0.4, -0.2) is 50.1 Å². The summed E-state index contributed by atoms with van der Waals surface area (Å²) in [6.07, 6.45) is 3.94. The summed E-state index contributed by atoms with van der Waals surface area (Å²) in [6, 6.07) is 14.0. The molecule has 0 aliphatic rings. The summed E-state index contributed by atoms with van der Waals surface area (Å²) >= 11 is 0. The van der Waals surface area contributed by atoms with Gasteiger partial charge >= 0.3 is 0 Å². The average molecular weight is 483 g/mol. The Morgan fingerprint density at radius 2 is 1.85 bits per heavy atom. The molecule has 0 unspecified atom stereocenters. The number of unbranched alkanes of at least 4 members (excludes halogenated alkanes) is 1. The Balaban J connectivity index is 0.00000364. The lowest BCUT2D eigenvalue weighted by Gasteiger charge is -2.22. The third-order valence-corrected chi connectivity index (χ3v) is 4.01. The number of nitrogens with zero attached hydrogens (tertiary/aromatic N) is 3. The van der Waals surface area contributed by atoms with Gasteiger partial charge < -0.3 is 20.3 Å². The Labute approximate surface area is 179 Å². The van der Waals surface area contributed by atoms with E-state index in [9.17, 15) is 0 Å². The summed E-state index contributed by atoms with van der Waals surface area (Å²) in [6.45, 7) is 2.60. The van der Waals surface area contributed by atoms with Gasteiger partial charge in [-0.1, -0.05) is 18.2 Å². The van der Waals surface area contributed by atoms with Gasteiger partial charge in [-0.15, -0.1) is 24.0 Å². The van der Waals surface area contributed by atoms with Gasteiger partial charge in [0.15, 0.2) is 5.96 Å². The van der Waals surface area contributed by atoms with Gasteiger partial charge in [-0.05, 0) is 42.7 Å². The van der Waals surface area contributed by atoms with Crippen LogP contribution in [0.2, 0.25) is 0 Å². The van der Waals surface area contributed by atoms with E-state index in [1.54, 1.807) is 13.3 Å². The molecule has 0 radical (unpaired) electrons. The van der Waals surface area contributed by atoms with Crippen molar-refractivity contribution in [3.8, 4) is 5.75 Å². The Kier molecular flexibility index (Phi) is 11.2. The zero-order chi connectivity index (χ0) is 18.6. The summed E-state index contributed by atoms with van der Waals surface area (Å²) in [5.74, 6) is 2.70. The predicted octanol–water partition coefficient (Wildman–Crippen LogP) is 3.61. The number of rotatable bonds is 9. The molecule has 0 saturated carbocycles. The van der Waals surface area contributed by atoms with Crippen LogP contribution in [0.4, 0.5) is 5.82 Å². The van der Waals surface area contributed by atoms with E-state index in [4.69, 9.17) is 4.74 Å². The second-order valence-electron chi connectivity index (χ2n) is 6.03. The second kappa shape index (κ2) is 13.2. The smallest absolute Gasteiger partial charge is 0.193 e. The first-order valence-electron chi connectivity index (χ1n) is 8.92. The maximum atomic E-state index is 5.20. The monoisotopic (exact) mass is 483 g/mol. The number of aromatic nitrogens is 1. The molecule has 0 amide bonds. The van der Waals surface area contributed by atoms with Gasteiger partial charge in [0.2, 0.25) is 0 Å². The molecule has 0 saturated heterocycles. The van der Waals surface area contributed by atoms with Gasteiger partial charge in [0.1, 0.15) is 11.6 Å². The molecule has 0 bridgehead atoms. The normalized spacial score (nSPS) is 10.7. The van der Waals surface area contributed by atoms with Crippen LogP contribution < -0.4 is 15.4 Å². The summed E-state index contributed by atoms with van der Waals surface area (Å²) in [5, 5.41) is 6.74. The Morgan fingerprint density at radius 1 is 1.11 bits per heavy atom. The molecule has 0 aliphatic carbocycles. The van der Waals surface area contributed by atoms with Crippen molar-refractivity contribution in [3.05, 3.63) is 54.2 Å². The fourth-order valence-corrected chi connectivity index (χ4v) is 2.60. The summed E-state index contributed by atoms with van der Waals surface area (Å²) in [4.78, 5) is 10.7. The molecule has 2 aromatic rings. The molecular formula is C20H30IN5O. The zero-order valence-electron chi connectivity index (χ0n) is 16.3. The molecule has 27 heavy (non-hydrogen) atoms. The van der Waals surface area contributed by atoms with Crippen molar-refractivity contribution >= 4 is 35.8 Å². The van der Waals surface area contributed by atoms with E-state index < -0.39 is 0 Å². The molecule has 1 aromatic carbocycles. The standard InChI is InChI=1S/C20H29N5O.HI/c1-21-20(25(2)16-17-9-11-18(26-3)12-10-17)24-15-7-6-14-23-19-8-4-5-13-22-19;/h4-5,8-13H,6-7,14-16H2,1-3H3,(H,21,24)(H,22,23);1H. The molecule has 0 spiro atoms. The van der Waals surface area contributed by atoms with E-state index in [0.29, 0.717) is 0 Å². The number of aliphatic imine (C=N–C) groups is 1. The third-order valence-electron chi connectivity index (χ3n) is 4.01. The topological polar surface area (TPSA) is 61.8 Å². The third kappa shape index (κ3) is 8.47. The fraction of sp³-hybridized carbons (Fsp3) is 0.400. The van der Waals surface area contributed by atoms with E-state index in [1.165, 1.54) is 5.56 Å². The van der Waals surface area contributed by atoms with Crippen LogP contribution in [-0.2, 0) is 6.54 Å². The van der Waals surface area contributed by atoms with Gasteiger partial charge in [-0.3, -0.25) is 4.99 Å². The quantitative estimate of drug-likeness (QED) is 0.247. The van der Waals surface area contributed by atoms with Crippen LogP contribution in [0.1, 0.15) is 18.4 Å². The minimum atomic E-state index is 0. The van der Waals surface area contributed by atoms with Crippen LogP contribution in [0.5, 0.6) is 5.75 Å². The second-order valence-corrected chi connectivity index (χ2v) is 6.03. The van der Waals surface area contributed by atoms with Gasteiger partial charge in [-0.2, -0.15) is 0 Å². The lowest BCUT2D eigenvalue weighted by molar-refractivity contribution is 0.414. The zero-order valence-corrected chi connectivity index (χ0v) is 18.6. The number of benzene rings is 1. The number of halogens is 1. The molecule has 1 heterocycles. The van der Waals surface area contributed by atoms with Crippen LogP contribution in [0.15, 0.2) is 53.7 Å². The van der Waals surface area contributed by atoms with Crippen molar-refractivity contribution in [1.29, 1.82) is 0 Å². The van der Waals surface area contributed by atoms with Crippen LogP contribution in [0, 0.1) is 0 Å². The maximum Gasteiger partial charge on any atom is 0.193 e. The first-order chi connectivity index (χ1) is 12.7. The number of guanidine groups is 1. The highest BCUT2D eigenvalue weighted by Crippen LogP contribution is 2.12. The number of hydrogen-bond acceptors (Lipinski definition) is 4. The average Bonchev–Trinajstić information content (AvgIpc) is 2.68. The number of anilines is 1. The highest BCUT2D eigenvalue weighted by molar-refractivity contribution is 14.0. The number of ether oxygens (including phenoxy) is 1. The van der Waals surface area contributed by atoms with E-state index in [-0.39, 0.29) is 24.0 Å². The van der Waals surface area contributed by atoms with Crippen molar-refractivity contribution in [2.75, 3.05) is 39.6 Å². The first-order valence-corrected chi connectivity index (χ1v) is 8.92. The van der Waals surface area contributed by atoms with Gasteiger partial charge in [-0.25, -0.2) is 4.98 Å². The lowest BCUT2D eigenvalue weighted by atomic mass is 10.2. The van der Waals surface area contributed by atoms with E-state index in [2.05, 4.69) is 37.6 Å². The van der Waals surface area contributed by atoms with E-state index in [0.717, 1.165) is 50.0 Å². The Hall–Kier alpha value is -2.03. The summed E-state index contributed by atoms with van der Waals surface area (Å²) < 4.78 is 5.20. The van der Waals surface area contributed by atoms with Crippen molar-refractivity contribution in [2.45, 2.75) is 19.4 Å². The molecule has 6 nitrogen and oxygen atoms in total. The summed E-state index contributed by atoms with van der Waals surface area (Å²) in [7, 11) is 5.54. The molecule has 0 fully saturated rings. The molecule has 1 aromatic heterocycles.